The van der Waals surface area contributed by atoms with Crippen LogP contribution in [0.25, 0.3) is 0 Å². The predicted octanol–water partition coefficient (Wildman–Crippen LogP) is 6.67. The van der Waals surface area contributed by atoms with E-state index in [1.807, 2.05) is 0 Å². The van der Waals surface area contributed by atoms with Crippen molar-refractivity contribution in [2.24, 2.45) is 0 Å². The Morgan fingerprint density at radius 3 is 1.62 bits per heavy atom. The maximum atomic E-state index is 11.3. The second-order valence-corrected chi connectivity index (χ2v) is 8.04. The predicted molar refractivity (Wildman–Crippen MR) is 109 cm³/mol. The minimum absolute atomic E-state index is 0.0416. The second-order valence-electron chi connectivity index (χ2n) is 8.04. The molecule has 26 heavy (non-hydrogen) atoms. The smallest absolute Gasteiger partial charge is 0.119 e. The molecular formula is C23H44O3. The quantitative estimate of drug-likeness (QED) is 0.253. The Morgan fingerprint density at radius 1 is 0.692 bits per heavy atom. The Morgan fingerprint density at radius 2 is 1.15 bits per heavy atom. The normalized spacial score (nSPS) is 20.5. The van der Waals surface area contributed by atoms with E-state index in [1.54, 1.807) is 0 Å². The van der Waals surface area contributed by atoms with E-state index < -0.39 is 6.10 Å². The second kappa shape index (κ2) is 18.3. The molecule has 1 fully saturated rings. The van der Waals surface area contributed by atoms with Crippen LogP contribution in [0.4, 0.5) is 0 Å². The van der Waals surface area contributed by atoms with E-state index in [-0.39, 0.29) is 6.10 Å². The van der Waals surface area contributed by atoms with Crippen molar-refractivity contribution in [3.05, 3.63) is 6.92 Å². The molecule has 2 atom stereocenters. The Hall–Kier alpha value is -0.120. The summed E-state index contributed by atoms with van der Waals surface area (Å²) in [5.41, 5.74) is 0. The highest BCUT2D eigenvalue weighted by Crippen LogP contribution is 2.15. The van der Waals surface area contributed by atoms with Gasteiger partial charge in [-0.15, -0.1) is 0 Å². The van der Waals surface area contributed by atoms with E-state index in [4.69, 9.17) is 9.47 Å². The summed E-state index contributed by atoms with van der Waals surface area (Å²) in [4.78, 5) is 0. The van der Waals surface area contributed by atoms with Gasteiger partial charge in [0.05, 0.1) is 19.3 Å². The third-order valence-corrected chi connectivity index (χ3v) is 5.38. The van der Waals surface area contributed by atoms with Crippen LogP contribution >= 0.6 is 0 Å². The van der Waals surface area contributed by atoms with Crippen molar-refractivity contribution < 1.29 is 14.6 Å². The Balaban J connectivity index is 1.68. The molecule has 0 saturated carbocycles. The van der Waals surface area contributed by atoms with Crippen LogP contribution in [0.5, 0.6) is 0 Å². The van der Waals surface area contributed by atoms with Gasteiger partial charge in [-0.2, -0.15) is 0 Å². The van der Waals surface area contributed by atoms with Crippen LogP contribution in [0.15, 0.2) is 0 Å². The van der Waals surface area contributed by atoms with Crippen molar-refractivity contribution >= 4 is 0 Å². The third kappa shape index (κ3) is 15.0. The molecule has 1 rings (SSSR count). The summed E-state index contributed by atoms with van der Waals surface area (Å²) in [6.45, 7) is 5.65. The molecule has 0 amide bonds. The van der Waals surface area contributed by atoms with Gasteiger partial charge in [0, 0.05) is 13.0 Å². The molecule has 3 nitrogen and oxygen atoms in total. The summed E-state index contributed by atoms with van der Waals surface area (Å²) in [6, 6.07) is 0. The molecule has 1 aliphatic heterocycles. The third-order valence-electron chi connectivity index (χ3n) is 5.38. The molecule has 0 aromatic heterocycles. The highest BCUT2D eigenvalue weighted by Gasteiger charge is 2.22. The van der Waals surface area contributed by atoms with Crippen molar-refractivity contribution in [1.82, 2.24) is 0 Å². The minimum atomic E-state index is -0.586. The molecular weight excluding hydrogens is 324 g/mol. The van der Waals surface area contributed by atoms with Crippen LogP contribution in [-0.2, 0) is 14.6 Å². The van der Waals surface area contributed by atoms with Crippen LogP contribution in [-0.4, -0.2) is 32.0 Å². The fourth-order valence-corrected chi connectivity index (χ4v) is 3.70. The lowest BCUT2D eigenvalue weighted by Gasteiger charge is -2.25. The minimum Gasteiger partial charge on any atom is -0.376 e. The Labute approximate surface area is 163 Å². The van der Waals surface area contributed by atoms with Crippen molar-refractivity contribution in [1.29, 1.82) is 0 Å². The lowest BCUT2D eigenvalue weighted by Crippen LogP contribution is -2.34. The molecule has 154 valence electrons. The van der Waals surface area contributed by atoms with E-state index in [2.05, 4.69) is 6.92 Å². The molecule has 0 N–H and O–H groups in total. The zero-order valence-electron chi connectivity index (χ0n) is 17.2. The fourth-order valence-electron chi connectivity index (χ4n) is 3.70. The highest BCUT2D eigenvalue weighted by atomic mass is 16.5. The molecule has 0 spiro atoms. The van der Waals surface area contributed by atoms with E-state index in [1.165, 1.54) is 89.9 Å². The fraction of sp³-hybridized carbons (Fsp3) is 0.957. The van der Waals surface area contributed by atoms with Gasteiger partial charge in [-0.1, -0.05) is 103 Å². The van der Waals surface area contributed by atoms with E-state index in [0.29, 0.717) is 19.6 Å². The molecule has 3 heteroatoms. The number of hydrogen-bond donors (Lipinski definition) is 0. The summed E-state index contributed by atoms with van der Waals surface area (Å²) >= 11 is 0. The first-order valence-corrected chi connectivity index (χ1v) is 11.5. The average Bonchev–Trinajstić information content (AvgIpc) is 2.64. The van der Waals surface area contributed by atoms with Crippen LogP contribution in [0.2, 0.25) is 0 Å². The van der Waals surface area contributed by atoms with Gasteiger partial charge in [0.1, 0.15) is 6.10 Å². The number of unbranched alkanes of at least 4 members (excludes halogenated alkanes) is 15. The SMILES string of the molecule is [CH2]CCCCCCCCCCCCCCCCCOC1COCC([O])C1. The van der Waals surface area contributed by atoms with Gasteiger partial charge in [-0.3, -0.25) is 0 Å². The zero-order chi connectivity index (χ0) is 18.7. The molecule has 1 saturated heterocycles. The monoisotopic (exact) mass is 368 g/mol. The lowest BCUT2D eigenvalue weighted by molar-refractivity contribution is -0.117. The first-order chi connectivity index (χ1) is 12.8. The van der Waals surface area contributed by atoms with E-state index >= 15 is 0 Å². The van der Waals surface area contributed by atoms with Crippen molar-refractivity contribution in [3.8, 4) is 0 Å². The topological polar surface area (TPSA) is 38.4 Å². The maximum Gasteiger partial charge on any atom is 0.119 e. The number of hydrogen-bond acceptors (Lipinski definition) is 2. The summed E-state index contributed by atoms with van der Waals surface area (Å²) in [5.74, 6) is 0. The first kappa shape index (κ1) is 23.9. The summed E-state index contributed by atoms with van der Waals surface area (Å²) < 4.78 is 11.0. The van der Waals surface area contributed by atoms with Crippen molar-refractivity contribution in [3.63, 3.8) is 0 Å². The van der Waals surface area contributed by atoms with Crippen LogP contribution in [0, 0.1) is 6.92 Å². The number of ether oxygens (including phenoxy) is 2. The largest absolute Gasteiger partial charge is 0.376 e. The van der Waals surface area contributed by atoms with Gasteiger partial charge in [0.15, 0.2) is 0 Å². The zero-order valence-corrected chi connectivity index (χ0v) is 17.2. The van der Waals surface area contributed by atoms with E-state index in [0.717, 1.165) is 19.4 Å². The summed E-state index contributed by atoms with van der Waals surface area (Å²) in [6.07, 6.45) is 21.7. The summed E-state index contributed by atoms with van der Waals surface area (Å²) in [5, 5.41) is 11.3. The molecule has 0 aromatic rings. The van der Waals surface area contributed by atoms with Gasteiger partial charge in [-0.25, -0.2) is 5.11 Å². The number of rotatable bonds is 18. The molecule has 1 heterocycles. The van der Waals surface area contributed by atoms with Gasteiger partial charge in [-0.05, 0) is 6.42 Å². The lowest BCUT2D eigenvalue weighted by atomic mass is 10.0. The first-order valence-electron chi connectivity index (χ1n) is 11.5. The van der Waals surface area contributed by atoms with Crippen molar-refractivity contribution in [2.45, 2.75) is 121 Å². The molecule has 1 aliphatic rings. The Bertz CT molecular complexity index is 283. The highest BCUT2D eigenvalue weighted by molar-refractivity contribution is 4.69. The molecule has 2 unspecified atom stereocenters. The van der Waals surface area contributed by atoms with E-state index in [9.17, 15) is 5.11 Å². The molecule has 0 aromatic carbocycles. The van der Waals surface area contributed by atoms with Crippen molar-refractivity contribution in [2.75, 3.05) is 19.8 Å². The van der Waals surface area contributed by atoms with Gasteiger partial charge in [0.25, 0.3) is 0 Å². The average molecular weight is 369 g/mol. The van der Waals surface area contributed by atoms with Crippen LogP contribution in [0.3, 0.4) is 0 Å². The Kier molecular flexibility index (Phi) is 16.8. The van der Waals surface area contributed by atoms with Gasteiger partial charge in [0.2, 0.25) is 0 Å². The van der Waals surface area contributed by atoms with Crippen LogP contribution in [0.1, 0.15) is 109 Å². The maximum absolute atomic E-state index is 11.3. The molecule has 0 aliphatic carbocycles. The van der Waals surface area contributed by atoms with Gasteiger partial charge >= 0.3 is 0 Å². The van der Waals surface area contributed by atoms with Crippen LogP contribution < -0.4 is 0 Å². The standard InChI is InChI=1S/C23H44O3/c1-2-3-4-5-6-7-8-9-10-11-12-13-14-15-16-17-18-26-23-19-22(24)20-25-21-23/h22-23H,1-21H2. The summed E-state index contributed by atoms with van der Waals surface area (Å²) in [7, 11) is 0. The molecule has 0 bridgehead atoms. The van der Waals surface area contributed by atoms with Gasteiger partial charge < -0.3 is 9.47 Å². The molecule has 2 radical (unpaired) electrons.